The van der Waals surface area contributed by atoms with Gasteiger partial charge in [-0.25, -0.2) is 13.2 Å². The van der Waals surface area contributed by atoms with Crippen LogP contribution < -0.4 is 9.88 Å². The molecule has 0 saturated heterocycles. The summed E-state index contributed by atoms with van der Waals surface area (Å²) in [6, 6.07) is 5.78. The van der Waals surface area contributed by atoms with Gasteiger partial charge >= 0.3 is 12.1 Å². The lowest BCUT2D eigenvalue weighted by Crippen LogP contribution is -2.29. The van der Waals surface area contributed by atoms with Crippen LogP contribution in [0.5, 0.6) is 0 Å². The number of thiazole rings is 1. The third-order valence-corrected chi connectivity index (χ3v) is 10.0. The highest BCUT2D eigenvalue weighted by Crippen LogP contribution is 2.14. The minimum atomic E-state index is -4.27. The summed E-state index contributed by atoms with van der Waals surface area (Å²) in [5.74, 6) is -0.221. The van der Waals surface area contributed by atoms with E-state index in [-0.39, 0.29) is 24.1 Å². The van der Waals surface area contributed by atoms with Crippen molar-refractivity contribution in [1.82, 2.24) is 5.32 Å². The Morgan fingerprint density at radius 3 is 1.80 bits per heavy atom. The number of alkyl carbamates (subject to hydrolysis) is 1. The van der Waals surface area contributed by atoms with E-state index in [0.717, 1.165) is 50.6 Å². The largest absolute Gasteiger partial charge is 0.744 e. The zero-order valence-corrected chi connectivity index (χ0v) is 33.2. The number of nitrogens with zero attached hydrogens (tertiary/aromatic N) is 1. The maximum atomic E-state index is 11.9. The molecule has 0 unspecified atom stereocenters. The van der Waals surface area contributed by atoms with Gasteiger partial charge < -0.3 is 19.3 Å². The summed E-state index contributed by atoms with van der Waals surface area (Å²) in [7, 11) is -4.27. The summed E-state index contributed by atoms with van der Waals surface area (Å²) < 4.78 is 43.8. The van der Waals surface area contributed by atoms with Crippen LogP contribution in [0.1, 0.15) is 147 Å². The molecule has 0 fully saturated rings. The molecule has 1 N–H and O–H groups in total. The van der Waals surface area contributed by atoms with Crippen LogP contribution in [0.15, 0.2) is 58.4 Å². The number of benzene rings is 1. The first-order valence-corrected chi connectivity index (χ1v) is 21.6. The van der Waals surface area contributed by atoms with Gasteiger partial charge in [0, 0.05) is 19.4 Å². The van der Waals surface area contributed by atoms with E-state index < -0.39 is 16.2 Å². The molecule has 0 saturated carbocycles. The number of carbonyl (C=O) groups is 2. The van der Waals surface area contributed by atoms with Gasteiger partial charge in [0.05, 0.1) is 10.3 Å². The number of rotatable bonds is 29. The third kappa shape index (κ3) is 28.5. The fraction of sp³-hybridized carbons (Fsp3) is 0.675. The van der Waals surface area contributed by atoms with E-state index in [1.165, 1.54) is 102 Å². The number of ether oxygens (including phenoxy) is 2. The molecule has 11 heteroatoms. The van der Waals surface area contributed by atoms with Crippen molar-refractivity contribution in [2.24, 2.45) is 0 Å². The normalized spacial score (nSPS) is 11.0. The Kier molecular flexibility index (Phi) is 28.0. The minimum Gasteiger partial charge on any atom is -0.744 e. The highest BCUT2D eigenvalue weighted by atomic mass is 32.2. The first-order chi connectivity index (χ1) is 24.6. The molecule has 9 nitrogen and oxygen atoms in total. The van der Waals surface area contributed by atoms with Crippen LogP contribution in [0.2, 0.25) is 0 Å². The highest BCUT2D eigenvalue weighted by molar-refractivity contribution is 7.85. The average molecular weight is 751 g/mol. The SMILES string of the molecule is C=C(COC(=O)CCCCCC[n+]1ccsc1)COC(=O)NCCCCCCCCCCCCCCCCCC.Cc1ccc(S(=O)(=O)[O-])cc1. The lowest BCUT2D eigenvalue weighted by Gasteiger charge is -2.10. The van der Waals surface area contributed by atoms with Crippen molar-refractivity contribution in [3.8, 4) is 0 Å². The molecule has 1 aromatic heterocycles. The number of esters is 1. The minimum absolute atomic E-state index is 0.0678. The fourth-order valence-corrected chi connectivity index (χ4v) is 6.49. The van der Waals surface area contributed by atoms with Crippen molar-refractivity contribution in [3.05, 3.63) is 59.1 Å². The molecule has 51 heavy (non-hydrogen) atoms. The second-order valence-corrected chi connectivity index (χ2v) is 15.5. The molecule has 0 aliphatic heterocycles. The van der Waals surface area contributed by atoms with Crippen LogP contribution >= 0.6 is 11.3 Å². The predicted octanol–water partition coefficient (Wildman–Crippen LogP) is 9.97. The van der Waals surface area contributed by atoms with Crippen LogP contribution in [-0.2, 0) is 30.9 Å². The van der Waals surface area contributed by atoms with Crippen molar-refractivity contribution in [2.45, 2.75) is 160 Å². The number of aromatic nitrogens is 1. The Bertz CT molecular complexity index is 1270. The van der Waals surface area contributed by atoms with E-state index in [9.17, 15) is 22.6 Å². The average Bonchev–Trinajstić information content (AvgIpc) is 3.63. The smallest absolute Gasteiger partial charge is 0.407 e. The van der Waals surface area contributed by atoms with E-state index in [0.29, 0.717) is 18.5 Å². The van der Waals surface area contributed by atoms with Crippen LogP contribution in [0.4, 0.5) is 4.79 Å². The molecule has 0 aliphatic rings. The summed E-state index contributed by atoms with van der Waals surface area (Å²) in [6.45, 7) is 9.76. The maximum Gasteiger partial charge on any atom is 0.407 e. The van der Waals surface area contributed by atoms with Gasteiger partial charge in [-0.15, -0.1) is 0 Å². The van der Waals surface area contributed by atoms with Crippen LogP contribution in [0.25, 0.3) is 0 Å². The molecule has 1 heterocycles. The van der Waals surface area contributed by atoms with Gasteiger partial charge in [-0.3, -0.25) is 4.79 Å². The van der Waals surface area contributed by atoms with Gasteiger partial charge in [0.1, 0.15) is 29.9 Å². The predicted molar refractivity (Wildman–Crippen MR) is 206 cm³/mol. The molecule has 0 aliphatic carbocycles. The Balaban J connectivity index is 0.000000997. The molecule has 290 valence electrons. The van der Waals surface area contributed by atoms with Gasteiger partial charge in [0.25, 0.3) is 0 Å². The van der Waals surface area contributed by atoms with Crippen molar-refractivity contribution in [3.63, 3.8) is 0 Å². The summed E-state index contributed by atoms with van der Waals surface area (Å²) in [6.07, 6.45) is 27.5. The molecule has 0 atom stereocenters. The van der Waals surface area contributed by atoms with Crippen LogP contribution in [0, 0.1) is 6.92 Å². The zero-order chi connectivity index (χ0) is 37.4. The molecular formula is C40H66N2O7S2. The molecule has 0 bridgehead atoms. The summed E-state index contributed by atoms with van der Waals surface area (Å²) in [5, 5.41) is 4.87. The van der Waals surface area contributed by atoms with Crippen molar-refractivity contribution >= 4 is 33.5 Å². The molecule has 0 radical (unpaired) electrons. The number of amides is 1. The quantitative estimate of drug-likeness (QED) is 0.0288. The molecule has 2 rings (SSSR count). The second kappa shape index (κ2) is 30.8. The Morgan fingerprint density at radius 1 is 0.765 bits per heavy atom. The van der Waals surface area contributed by atoms with Crippen molar-refractivity contribution in [1.29, 1.82) is 0 Å². The van der Waals surface area contributed by atoms with Gasteiger partial charge in [0.2, 0.25) is 5.51 Å². The highest BCUT2D eigenvalue weighted by Gasteiger charge is 2.07. The number of unbranched alkanes of at least 4 members (excludes halogenated alkanes) is 18. The van der Waals surface area contributed by atoms with E-state index in [4.69, 9.17) is 9.47 Å². The number of nitrogens with one attached hydrogen (secondary N) is 1. The number of carbonyl (C=O) groups excluding carboxylic acids is 2. The van der Waals surface area contributed by atoms with Crippen molar-refractivity contribution < 1.29 is 36.6 Å². The van der Waals surface area contributed by atoms with E-state index in [2.05, 4.69) is 40.5 Å². The first-order valence-electron chi connectivity index (χ1n) is 19.3. The molecular weight excluding hydrogens is 685 g/mol. The summed E-state index contributed by atoms with van der Waals surface area (Å²) >= 11 is 1.70. The molecule has 1 aromatic carbocycles. The zero-order valence-electron chi connectivity index (χ0n) is 31.5. The van der Waals surface area contributed by atoms with E-state index >= 15 is 0 Å². The lowest BCUT2D eigenvalue weighted by atomic mass is 10.0. The molecule has 1 amide bonds. The monoisotopic (exact) mass is 750 g/mol. The third-order valence-electron chi connectivity index (χ3n) is 8.53. The van der Waals surface area contributed by atoms with E-state index in [1.54, 1.807) is 23.5 Å². The van der Waals surface area contributed by atoms with Crippen molar-refractivity contribution in [2.75, 3.05) is 19.8 Å². The molecule has 0 spiro atoms. The van der Waals surface area contributed by atoms with E-state index in [1.807, 2.05) is 6.92 Å². The summed E-state index contributed by atoms with van der Waals surface area (Å²) in [4.78, 5) is 23.6. The van der Waals surface area contributed by atoms with Gasteiger partial charge in [-0.2, -0.15) is 4.57 Å². The van der Waals surface area contributed by atoms with Gasteiger partial charge in [-0.05, 0) is 43.9 Å². The second-order valence-electron chi connectivity index (χ2n) is 13.4. The van der Waals surface area contributed by atoms with Crippen LogP contribution in [0.3, 0.4) is 0 Å². The number of hydrogen-bond acceptors (Lipinski definition) is 8. The number of hydrogen-bond donors (Lipinski definition) is 1. The van der Waals surface area contributed by atoms with Gasteiger partial charge in [-0.1, -0.05) is 145 Å². The fourth-order valence-electron chi connectivity index (χ4n) is 5.39. The first kappa shape index (κ1) is 46.3. The number of aryl methyl sites for hydroxylation is 2. The maximum absolute atomic E-state index is 11.9. The standard InChI is InChI=1S/C33H58N2O4S.C7H8O3S/c1-3-4-5-6-7-8-9-10-11-12-13-14-15-16-18-21-24-34-33(37)39-29-31(2)28-38-32(36)23-20-17-19-22-25-35-26-27-40-30-35;1-6-2-4-7(5-3-6)11(8,9)10/h26-27,30H,2-25,28-29H2,1H3;2-5H,1H3,(H,8,9,10). The Morgan fingerprint density at radius 2 is 1.27 bits per heavy atom. The lowest BCUT2D eigenvalue weighted by molar-refractivity contribution is -0.692. The van der Waals surface area contributed by atoms with Gasteiger partial charge in [0.15, 0.2) is 6.20 Å². The topological polar surface area (TPSA) is 126 Å². The van der Waals surface area contributed by atoms with Crippen LogP contribution in [-0.4, -0.2) is 44.8 Å². The Labute approximate surface area is 313 Å². The Hall–Kier alpha value is -2.76. The molecule has 2 aromatic rings. The summed E-state index contributed by atoms with van der Waals surface area (Å²) in [5.41, 5.74) is 3.62.